The Morgan fingerprint density at radius 2 is 1.88 bits per heavy atom. The van der Waals surface area contributed by atoms with Crippen LogP contribution in [-0.2, 0) is 0 Å². The lowest BCUT2D eigenvalue weighted by Gasteiger charge is -2.45. The van der Waals surface area contributed by atoms with Crippen LogP contribution in [0.4, 0.5) is 0 Å². The van der Waals surface area contributed by atoms with Crippen LogP contribution in [0.5, 0.6) is 0 Å². The van der Waals surface area contributed by atoms with Gasteiger partial charge in [0.05, 0.1) is 12.2 Å². The Morgan fingerprint density at radius 3 is 2.53 bits per heavy atom. The lowest BCUT2D eigenvalue weighted by molar-refractivity contribution is 0.0366. The summed E-state index contributed by atoms with van der Waals surface area (Å²) in [4.78, 5) is 0. The van der Waals surface area contributed by atoms with Crippen LogP contribution >= 0.6 is 0 Å². The first-order chi connectivity index (χ1) is 7.94. The average Bonchev–Trinajstić information content (AvgIpc) is 2.40. The molecule has 2 aliphatic carbocycles. The van der Waals surface area contributed by atoms with Crippen molar-refractivity contribution >= 4 is 0 Å². The van der Waals surface area contributed by atoms with Crippen LogP contribution in [0, 0.1) is 17.3 Å². The van der Waals surface area contributed by atoms with Gasteiger partial charge in [0.25, 0.3) is 0 Å². The summed E-state index contributed by atoms with van der Waals surface area (Å²) in [5, 5.41) is 20.1. The van der Waals surface area contributed by atoms with Gasteiger partial charge in [0, 0.05) is 5.92 Å². The van der Waals surface area contributed by atoms with Crippen LogP contribution in [0.2, 0.25) is 0 Å². The molecular formula is C15H26O2. The van der Waals surface area contributed by atoms with Crippen molar-refractivity contribution in [3.8, 4) is 0 Å². The molecule has 98 valence electrons. The fraction of sp³-hybridized carbons (Fsp3) is 0.867. The Labute approximate surface area is 105 Å². The molecule has 0 aromatic carbocycles. The molecule has 2 heteroatoms. The van der Waals surface area contributed by atoms with Crippen molar-refractivity contribution in [3.05, 3.63) is 11.6 Å². The lowest BCUT2D eigenvalue weighted by atomic mass is 9.61. The Morgan fingerprint density at radius 1 is 1.24 bits per heavy atom. The number of fused-ring (bicyclic) bond motifs is 1. The van der Waals surface area contributed by atoms with Gasteiger partial charge < -0.3 is 10.2 Å². The van der Waals surface area contributed by atoms with Crippen LogP contribution < -0.4 is 0 Å². The van der Waals surface area contributed by atoms with Gasteiger partial charge in [0.1, 0.15) is 0 Å². The van der Waals surface area contributed by atoms with Crippen molar-refractivity contribution in [1.82, 2.24) is 0 Å². The van der Waals surface area contributed by atoms with E-state index in [0.29, 0.717) is 11.8 Å². The first-order valence-corrected chi connectivity index (χ1v) is 7.01. The molecule has 2 N–H and O–H groups in total. The summed E-state index contributed by atoms with van der Waals surface area (Å²) < 4.78 is 0. The maximum absolute atomic E-state index is 10.2. The molecule has 2 unspecified atom stereocenters. The summed E-state index contributed by atoms with van der Waals surface area (Å²) in [6.45, 7) is 6.71. The molecular weight excluding hydrogens is 212 g/mol. The fourth-order valence-corrected chi connectivity index (χ4v) is 3.72. The molecule has 0 radical (unpaired) electrons. The van der Waals surface area contributed by atoms with Crippen molar-refractivity contribution in [2.45, 2.75) is 65.1 Å². The summed E-state index contributed by atoms with van der Waals surface area (Å²) in [7, 11) is 0. The zero-order valence-corrected chi connectivity index (χ0v) is 11.3. The number of hydrogen-bond acceptors (Lipinski definition) is 2. The number of hydrogen-bond donors (Lipinski definition) is 2. The van der Waals surface area contributed by atoms with E-state index in [1.165, 1.54) is 5.57 Å². The van der Waals surface area contributed by atoms with E-state index in [9.17, 15) is 10.2 Å². The zero-order chi connectivity index (χ0) is 12.6. The fourth-order valence-electron chi connectivity index (χ4n) is 3.72. The number of rotatable bonds is 1. The van der Waals surface area contributed by atoms with E-state index in [2.05, 4.69) is 26.8 Å². The second kappa shape index (κ2) is 4.74. The first-order valence-electron chi connectivity index (χ1n) is 7.01. The number of aliphatic hydroxyl groups excluding tert-OH is 2. The third-order valence-corrected chi connectivity index (χ3v) is 4.82. The van der Waals surface area contributed by atoms with Crippen LogP contribution in [-0.4, -0.2) is 22.4 Å². The summed E-state index contributed by atoms with van der Waals surface area (Å²) >= 11 is 0. The molecule has 4 atom stereocenters. The molecule has 0 aromatic rings. The van der Waals surface area contributed by atoms with Gasteiger partial charge in [-0.25, -0.2) is 0 Å². The molecule has 1 fully saturated rings. The van der Waals surface area contributed by atoms with Crippen molar-refractivity contribution in [3.63, 3.8) is 0 Å². The van der Waals surface area contributed by atoms with Crippen molar-refractivity contribution < 1.29 is 10.2 Å². The Balaban J connectivity index is 2.33. The van der Waals surface area contributed by atoms with E-state index in [1.54, 1.807) is 0 Å². The van der Waals surface area contributed by atoms with Gasteiger partial charge in [-0.1, -0.05) is 32.4 Å². The summed E-state index contributed by atoms with van der Waals surface area (Å²) in [6.07, 6.45) is 6.56. The minimum absolute atomic E-state index is 0.185. The van der Waals surface area contributed by atoms with E-state index < -0.39 is 0 Å². The molecule has 0 spiro atoms. The minimum Gasteiger partial charge on any atom is -0.393 e. The topological polar surface area (TPSA) is 40.5 Å². The Hall–Kier alpha value is -0.340. The van der Waals surface area contributed by atoms with E-state index >= 15 is 0 Å². The minimum atomic E-state index is -0.190. The Kier molecular flexibility index (Phi) is 3.65. The van der Waals surface area contributed by atoms with E-state index in [0.717, 1.165) is 32.1 Å². The van der Waals surface area contributed by atoms with Crippen molar-refractivity contribution in [2.75, 3.05) is 0 Å². The standard InChI is InChI=1S/C15H26O2/c1-10(2)14-12-5-4-11(16)6-8-15(12,3)9-7-13(14)17/h5,10-11,13-14,16-17H,4,6-9H2,1-3H3/t11?,13-,14?,15-/m0/s1. The normalized spacial score (nSPS) is 42.9. The summed E-state index contributed by atoms with van der Waals surface area (Å²) in [5.41, 5.74) is 1.63. The summed E-state index contributed by atoms with van der Waals surface area (Å²) in [6, 6.07) is 0. The molecule has 2 aliphatic rings. The van der Waals surface area contributed by atoms with Gasteiger partial charge in [-0.15, -0.1) is 0 Å². The highest BCUT2D eigenvalue weighted by Crippen LogP contribution is 2.50. The monoisotopic (exact) mass is 238 g/mol. The quantitative estimate of drug-likeness (QED) is 0.690. The highest BCUT2D eigenvalue weighted by atomic mass is 16.3. The van der Waals surface area contributed by atoms with Gasteiger partial charge in [-0.05, 0) is 43.4 Å². The first kappa shape index (κ1) is 13.1. The SMILES string of the molecule is CC(C)C1C2=CCC(O)CC[C@@]2(C)CC[C@@H]1O. The maximum Gasteiger partial charge on any atom is 0.0608 e. The highest BCUT2D eigenvalue weighted by Gasteiger charge is 2.43. The van der Waals surface area contributed by atoms with Gasteiger partial charge in [0.15, 0.2) is 0 Å². The third-order valence-electron chi connectivity index (χ3n) is 4.82. The molecule has 2 nitrogen and oxygen atoms in total. The summed E-state index contributed by atoms with van der Waals surface area (Å²) in [5.74, 6) is 0.769. The van der Waals surface area contributed by atoms with Crippen LogP contribution in [0.25, 0.3) is 0 Å². The van der Waals surface area contributed by atoms with Crippen molar-refractivity contribution in [2.24, 2.45) is 17.3 Å². The second-order valence-corrected chi connectivity index (χ2v) is 6.52. The predicted molar refractivity (Wildman–Crippen MR) is 69.6 cm³/mol. The molecule has 0 bridgehead atoms. The van der Waals surface area contributed by atoms with E-state index in [-0.39, 0.29) is 17.6 Å². The molecule has 0 saturated heterocycles. The largest absolute Gasteiger partial charge is 0.393 e. The molecule has 1 saturated carbocycles. The second-order valence-electron chi connectivity index (χ2n) is 6.52. The molecule has 17 heavy (non-hydrogen) atoms. The lowest BCUT2D eigenvalue weighted by Crippen LogP contribution is -2.40. The molecule has 0 amide bonds. The number of aliphatic hydroxyl groups is 2. The van der Waals surface area contributed by atoms with Gasteiger partial charge >= 0.3 is 0 Å². The van der Waals surface area contributed by atoms with E-state index in [1.807, 2.05) is 0 Å². The van der Waals surface area contributed by atoms with Crippen LogP contribution in [0.1, 0.15) is 52.9 Å². The Bertz CT molecular complexity index is 308. The van der Waals surface area contributed by atoms with E-state index in [4.69, 9.17) is 0 Å². The average molecular weight is 238 g/mol. The zero-order valence-electron chi connectivity index (χ0n) is 11.3. The molecule has 0 aromatic heterocycles. The highest BCUT2D eigenvalue weighted by molar-refractivity contribution is 5.23. The van der Waals surface area contributed by atoms with Gasteiger partial charge in [0.2, 0.25) is 0 Å². The van der Waals surface area contributed by atoms with Gasteiger partial charge in [-0.3, -0.25) is 0 Å². The molecule has 2 rings (SSSR count). The van der Waals surface area contributed by atoms with Gasteiger partial charge in [-0.2, -0.15) is 0 Å². The third kappa shape index (κ3) is 2.43. The van der Waals surface area contributed by atoms with Crippen molar-refractivity contribution in [1.29, 1.82) is 0 Å². The molecule has 0 aliphatic heterocycles. The molecule has 0 heterocycles. The predicted octanol–water partition coefficient (Wildman–Crippen LogP) is 2.89. The van der Waals surface area contributed by atoms with Crippen LogP contribution in [0.15, 0.2) is 11.6 Å². The smallest absolute Gasteiger partial charge is 0.0608 e. The maximum atomic E-state index is 10.2. The van der Waals surface area contributed by atoms with Crippen LogP contribution in [0.3, 0.4) is 0 Å².